The van der Waals surface area contributed by atoms with Crippen molar-refractivity contribution in [2.45, 2.75) is 57.8 Å². The molecule has 0 aromatic heterocycles. The second-order valence-electron chi connectivity index (χ2n) is 5.49. The van der Waals surface area contributed by atoms with E-state index in [9.17, 15) is 4.79 Å². The van der Waals surface area contributed by atoms with Crippen molar-refractivity contribution in [3.63, 3.8) is 0 Å². The molecule has 0 atom stereocenters. The van der Waals surface area contributed by atoms with Crippen molar-refractivity contribution in [1.82, 2.24) is 0 Å². The predicted octanol–water partition coefficient (Wildman–Crippen LogP) is 3.34. The molecule has 16 heavy (non-hydrogen) atoms. The summed E-state index contributed by atoms with van der Waals surface area (Å²) in [6, 6.07) is 0. The van der Waals surface area contributed by atoms with E-state index in [0.29, 0.717) is 11.7 Å². The molecule has 2 heteroatoms. The van der Waals surface area contributed by atoms with Gasteiger partial charge in [0, 0.05) is 26.1 Å². The van der Waals surface area contributed by atoms with Gasteiger partial charge in [0.15, 0.2) is 0 Å². The molecule has 1 saturated carbocycles. The van der Waals surface area contributed by atoms with Gasteiger partial charge < -0.3 is 4.74 Å². The van der Waals surface area contributed by atoms with Crippen molar-refractivity contribution in [2.24, 2.45) is 11.8 Å². The third-order valence-corrected chi connectivity index (χ3v) is 4.16. The van der Waals surface area contributed by atoms with Crippen LogP contribution in [0.25, 0.3) is 0 Å². The minimum Gasteiger partial charge on any atom is -0.381 e. The first-order chi connectivity index (χ1) is 7.84. The molecule has 92 valence electrons. The molecular formula is C14H24O2. The summed E-state index contributed by atoms with van der Waals surface area (Å²) in [4.78, 5) is 11.8. The molecule has 1 heterocycles. The highest BCUT2D eigenvalue weighted by atomic mass is 16.5. The van der Waals surface area contributed by atoms with Crippen LogP contribution in [0.1, 0.15) is 57.8 Å². The van der Waals surface area contributed by atoms with Crippen LogP contribution in [0.4, 0.5) is 0 Å². The Morgan fingerprint density at radius 1 is 1.00 bits per heavy atom. The molecule has 2 rings (SSSR count). The highest BCUT2D eigenvalue weighted by Gasteiger charge is 2.19. The maximum Gasteiger partial charge on any atom is 0.133 e. The maximum atomic E-state index is 11.8. The van der Waals surface area contributed by atoms with E-state index in [1.165, 1.54) is 25.7 Å². The summed E-state index contributed by atoms with van der Waals surface area (Å²) in [5, 5.41) is 0. The zero-order chi connectivity index (χ0) is 11.2. The fraction of sp³-hybridized carbons (Fsp3) is 0.929. The molecule has 0 aromatic carbocycles. The molecule has 1 aliphatic heterocycles. The molecule has 0 unspecified atom stereocenters. The summed E-state index contributed by atoms with van der Waals surface area (Å²) >= 11 is 0. The number of Topliss-reactive ketones (excluding diaryl/α,β-unsaturated/α-hetero) is 1. The second-order valence-corrected chi connectivity index (χ2v) is 5.49. The zero-order valence-electron chi connectivity index (χ0n) is 10.2. The van der Waals surface area contributed by atoms with Gasteiger partial charge in [-0.15, -0.1) is 0 Å². The van der Waals surface area contributed by atoms with E-state index in [4.69, 9.17) is 4.74 Å². The van der Waals surface area contributed by atoms with Crippen LogP contribution in [-0.4, -0.2) is 19.0 Å². The maximum absolute atomic E-state index is 11.8. The monoisotopic (exact) mass is 224 g/mol. The predicted molar refractivity (Wildman–Crippen MR) is 64.4 cm³/mol. The lowest BCUT2D eigenvalue weighted by Crippen LogP contribution is -2.18. The third kappa shape index (κ3) is 3.89. The van der Waals surface area contributed by atoms with Crippen LogP contribution in [0.3, 0.4) is 0 Å². The molecule has 2 fully saturated rings. The van der Waals surface area contributed by atoms with Crippen LogP contribution < -0.4 is 0 Å². The van der Waals surface area contributed by atoms with Crippen molar-refractivity contribution < 1.29 is 9.53 Å². The van der Waals surface area contributed by atoms with Crippen molar-refractivity contribution in [3.05, 3.63) is 0 Å². The Morgan fingerprint density at radius 2 is 1.69 bits per heavy atom. The number of carbonyl (C=O) groups is 1. The Morgan fingerprint density at radius 3 is 2.38 bits per heavy atom. The normalized spacial score (nSPS) is 23.8. The molecule has 1 saturated heterocycles. The van der Waals surface area contributed by atoms with E-state index >= 15 is 0 Å². The van der Waals surface area contributed by atoms with Gasteiger partial charge in [0.05, 0.1) is 0 Å². The average molecular weight is 224 g/mol. The van der Waals surface area contributed by atoms with E-state index in [1.54, 1.807) is 0 Å². The van der Waals surface area contributed by atoms with E-state index in [1.807, 2.05) is 0 Å². The number of hydrogen-bond acceptors (Lipinski definition) is 2. The summed E-state index contributed by atoms with van der Waals surface area (Å²) in [6.07, 6.45) is 10.5. The Hall–Kier alpha value is -0.370. The van der Waals surface area contributed by atoms with E-state index in [0.717, 1.165) is 51.2 Å². The third-order valence-electron chi connectivity index (χ3n) is 4.16. The van der Waals surface area contributed by atoms with Crippen molar-refractivity contribution >= 4 is 5.78 Å². The van der Waals surface area contributed by atoms with Crippen LogP contribution in [0.2, 0.25) is 0 Å². The van der Waals surface area contributed by atoms with Gasteiger partial charge >= 0.3 is 0 Å². The van der Waals surface area contributed by atoms with Crippen molar-refractivity contribution in [2.75, 3.05) is 13.2 Å². The molecule has 2 nitrogen and oxygen atoms in total. The molecule has 0 radical (unpaired) electrons. The first-order valence-corrected chi connectivity index (χ1v) is 6.94. The Bertz CT molecular complexity index is 213. The van der Waals surface area contributed by atoms with Crippen molar-refractivity contribution in [1.29, 1.82) is 0 Å². The van der Waals surface area contributed by atoms with Crippen LogP contribution in [0.15, 0.2) is 0 Å². The molecule has 1 aliphatic carbocycles. The Balaban J connectivity index is 1.59. The van der Waals surface area contributed by atoms with Gasteiger partial charge in [-0.25, -0.2) is 0 Å². The second kappa shape index (κ2) is 6.39. The first kappa shape index (κ1) is 12.1. The van der Waals surface area contributed by atoms with Crippen LogP contribution in [-0.2, 0) is 9.53 Å². The lowest BCUT2D eigenvalue weighted by molar-refractivity contribution is -0.120. The zero-order valence-corrected chi connectivity index (χ0v) is 10.2. The summed E-state index contributed by atoms with van der Waals surface area (Å²) in [5.74, 6) is 1.97. The minimum atomic E-state index is 0.499. The molecular weight excluding hydrogens is 200 g/mol. The molecule has 0 aromatic rings. The fourth-order valence-electron chi connectivity index (χ4n) is 3.04. The van der Waals surface area contributed by atoms with Gasteiger partial charge in [0.25, 0.3) is 0 Å². The molecule has 0 N–H and O–H groups in total. The highest BCUT2D eigenvalue weighted by molar-refractivity contribution is 5.78. The lowest BCUT2D eigenvalue weighted by Gasteiger charge is -2.21. The smallest absolute Gasteiger partial charge is 0.133 e. The molecule has 2 aliphatic rings. The summed E-state index contributed by atoms with van der Waals surface area (Å²) in [6.45, 7) is 1.72. The Kier molecular flexibility index (Phi) is 4.83. The Labute approximate surface area is 98.7 Å². The average Bonchev–Trinajstić information content (AvgIpc) is 2.81. The number of hydrogen-bond donors (Lipinski definition) is 0. The molecule has 0 bridgehead atoms. The number of ether oxygens (including phenoxy) is 1. The summed E-state index contributed by atoms with van der Waals surface area (Å²) in [7, 11) is 0. The minimum absolute atomic E-state index is 0.499. The lowest BCUT2D eigenvalue weighted by atomic mass is 9.91. The van der Waals surface area contributed by atoms with E-state index in [2.05, 4.69) is 0 Å². The van der Waals surface area contributed by atoms with Gasteiger partial charge in [-0.1, -0.05) is 25.7 Å². The van der Waals surface area contributed by atoms with Gasteiger partial charge in [-0.3, -0.25) is 4.79 Å². The van der Waals surface area contributed by atoms with Crippen molar-refractivity contribution in [3.8, 4) is 0 Å². The largest absolute Gasteiger partial charge is 0.381 e. The van der Waals surface area contributed by atoms with Gasteiger partial charge in [-0.05, 0) is 31.1 Å². The number of rotatable bonds is 5. The topological polar surface area (TPSA) is 26.3 Å². The molecule has 0 spiro atoms. The summed E-state index contributed by atoms with van der Waals surface area (Å²) < 4.78 is 5.31. The highest BCUT2D eigenvalue weighted by Crippen LogP contribution is 2.29. The van der Waals surface area contributed by atoms with Crippen LogP contribution >= 0.6 is 0 Å². The van der Waals surface area contributed by atoms with Crippen LogP contribution in [0, 0.1) is 11.8 Å². The standard InChI is InChI=1S/C14H24O2/c15-14(6-5-12-3-1-2-4-12)11-13-7-9-16-10-8-13/h12-13H,1-11H2. The fourth-order valence-corrected chi connectivity index (χ4v) is 3.04. The quantitative estimate of drug-likeness (QED) is 0.716. The van der Waals surface area contributed by atoms with Gasteiger partial charge in [-0.2, -0.15) is 0 Å². The van der Waals surface area contributed by atoms with Gasteiger partial charge in [0.2, 0.25) is 0 Å². The first-order valence-electron chi connectivity index (χ1n) is 6.94. The van der Waals surface area contributed by atoms with E-state index in [-0.39, 0.29) is 0 Å². The van der Waals surface area contributed by atoms with Gasteiger partial charge in [0.1, 0.15) is 5.78 Å². The SMILES string of the molecule is O=C(CCC1CCCC1)CC1CCOCC1. The number of carbonyl (C=O) groups excluding carboxylic acids is 1. The van der Waals surface area contributed by atoms with E-state index < -0.39 is 0 Å². The summed E-state index contributed by atoms with van der Waals surface area (Å²) in [5.41, 5.74) is 0. The van der Waals surface area contributed by atoms with Crippen LogP contribution in [0.5, 0.6) is 0 Å². The molecule has 0 amide bonds. The number of ketones is 1.